The average Bonchev–Trinajstić information content (AvgIpc) is 2.63. The zero-order valence-electron chi connectivity index (χ0n) is 14.8. The van der Waals surface area contributed by atoms with Crippen LogP contribution < -0.4 is 11.1 Å². The molecular formula is C21H22FN3O. The van der Waals surface area contributed by atoms with Gasteiger partial charge >= 0.3 is 0 Å². The Labute approximate surface area is 152 Å². The summed E-state index contributed by atoms with van der Waals surface area (Å²) in [5.74, 6) is 0.257. The highest BCUT2D eigenvalue weighted by Crippen LogP contribution is 2.35. The number of hydrogen-bond acceptors (Lipinski definition) is 4. The van der Waals surface area contributed by atoms with Crippen molar-refractivity contribution in [3.05, 3.63) is 54.0 Å². The first-order valence-corrected chi connectivity index (χ1v) is 8.91. The van der Waals surface area contributed by atoms with Crippen LogP contribution in [0.3, 0.4) is 0 Å². The first-order chi connectivity index (χ1) is 12.6. The molecule has 1 aliphatic heterocycles. The van der Waals surface area contributed by atoms with Gasteiger partial charge in [0.25, 0.3) is 0 Å². The second kappa shape index (κ2) is 6.92. The second-order valence-corrected chi connectivity index (χ2v) is 6.82. The van der Waals surface area contributed by atoms with E-state index in [2.05, 4.69) is 10.3 Å². The number of nitrogens with one attached hydrogen (secondary N) is 1. The lowest BCUT2D eigenvalue weighted by Crippen LogP contribution is -2.27. The van der Waals surface area contributed by atoms with E-state index in [0.717, 1.165) is 53.6 Å². The van der Waals surface area contributed by atoms with Gasteiger partial charge in [-0.2, -0.15) is 0 Å². The van der Waals surface area contributed by atoms with Crippen molar-refractivity contribution in [3.63, 3.8) is 0 Å². The molecule has 134 valence electrons. The number of halogens is 1. The summed E-state index contributed by atoms with van der Waals surface area (Å²) < 4.78 is 20.0. The summed E-state index contributed by atoms with van der Waals surface area (Å²) in [6.45, 7) is 3.44. The minimum absolute atomic E-state index is 0.218. The number of aromatic nitrogens is 1. The van der Waals surface area contributed by atoms with Crippen LogP contribution in [0.1, 0.15) is 18.4 Å². The van der Waals surface area contributed by atoms with Gasteiger partial charge in [0.15, 0.2) is 0 Å². The van der Waals surface area contributed by atoms with Gasteiger partial charge in [0.2, 0.25) is 0 Å². The summed E-state index contributed by atoms with van der Waals surface area (Å²) in [5.41, 5.74) is 9.24. The zero-order chi connectivity index (χ0) is 18.1. The summed E-state index contributed by atoms with van der Waals surface area (Å²) in [6.07, 6.45) is 3.65. The van der Waals surface area contributed by atoms with Crippen LogP contribution in [0.25, 0.3) is 21.9 Å². The molecule has 0 unspecified atom stereocenters. The molecule has 0 spiro atoms. The topological polar surface area (TPSA) is 60.2 Å². The molecule has 0 radical (unpaired) electrons. The van der Waals surface area contributed by atoms with Crippen molar-refractivity contribution in [3.8, 4) is 11.1 Å². The van der Waals surface area contributed by atoms with Gasteiger partial charge in [-0.3, -0.25) is 0 Å². The fourth-order valence-corrected chi connectivity index (χ4v) is 3.60. The van der Waals surface area contributed by atoms with Gasteiger partial charge < -0.3 is 15.8 Å². The van der Waals surface area contributed by atoms with Gasteiger partial charge in [-0.15, -0.1) is 0 Å². The van der Waals surface area contributed by atoms with Crippen LogP contribution in [0.15, 0.2) is 42.6 Å². The molecule has 1 aromatic heterocycles. The summed E-state index contributed by atoms with van der Waals surface area (Å²) in [6, 6.07) is 11.4. The molecule has 5 heteroatoms. The lowest BCUT2D eigenvalue weighted by Gasteiger charge is -2.25. The molecule has 3 N–H and O–H groups in total. The lowest BCUT2D eigenvalue weighted by molar-refractivity contribution is 0.0905. The Morgan fingerprint density at radius 1 is 1.19 bits per heavy atom. The summed E-state index contributed by atoms with van der Waals surface area (Å²) in [5, 5.41) is 5.55. The number of nitrogens with two attached hydrogens (primary N) is 1. The molecule has 0 saturated carbocycles. The number of ether oxygens (including phenoxy) is 1. The molecule has 0 amide bonds. The molecule has 2 heterocycles. The van der Waals surface area contributed by atoms with Crippen molar-refractivity contribution >= 4 is 22.3 Å². The number of hydrogen-bond donors (Lipinski definition) is 2. The van der Waals surface area contributed by atoms with Crippen molar-refractivity contribution in [2.24, 2.45) is 0 Å². The second-order valence-electron chi connectivity index (χ2n) is 6.82. The van der Waals surface area contributed by atoms with Crippen LogP contribution in [-0.2, 0) is 4.74 Å². The fraction of sp³-hybridized carbons (Fsp3) is 0.286. The number of fused-ring (bicyclic) bond motifs is 1. The summed E-state index contributed by atoms with van der Waals surface area (Å²) in [4.78, 5) is 4.21. The Balaban J connectivity index is 1.86. The molecular weight excluding hydrogens is 329 g/mol. The van der Waals surface area contributed by atoms with Crippen LogP contribution in [0.2, 0.25) is 0 Å². The zero-order valence-corrected chi connectivity index (χ0v) is 14.8. The smallest absolute Gasteiger partial charge is 0.131 e. The van der Waals surface area contributed by atoms with Crippen LogP contribution in [-0.4, -0.2) is 24.2 Å². The van der Waals surface area contributed by atoms with E-state index in [0.29, 0.717) is 17.4 Å². The van der Waals surface area contributed by atoms with Crippen molar-refractivity contribution in [2.75, 3.05) is 24.3 Å². The van der Waals surface area contributed by atoms with Gasteiger partial charge in [0, 0.05) is 47.5 Å². The first-order valence-electron chi connectivity index (χ1n) is 8.91. The summed E-state index contributed by atoms with van der Waals surface area (Å²) >= 11 is 0. The third-order valence-corrected chi connectivity index (χ3v) is 4.95. The maximum absolute atomic E-state index is 14.5. The Bertz CT molecular complexity index is 931. The minimum atomic E-state index is -0.218. The van der Waals surface area contributed by atoms with Gasteiger partial charge in [0.1, 0.15) is 11.6 Å². The molecule has 1 fully saturated rings. The van der Waals surface area contributed by atoms with E-state index in [1.54, 1.807) is 12.3 Å². The van der Waals surface area contributed by atoms with Crippen molar-refractivity contribution in [1.82, 2.24) is 4.98 Å². The Hall–Kier alpha value is -2.66. The Kier molecular flexibility index (Phi) is 4.47. The standard InChI is InChI=1S/C21H22FN3O/c1-13-3-2-4-18(22)21(13)14-9-15-12-24-20(23)11-17(15)19(10-14)25-16-5-7-26-8-6-16/h2-4,9-12,16,25H,5-8H2,1H3,(H2,23,24). The number of aryl methyl sites for hydroxylation is 1. The van der Waals surface area contributed by atoms with Crippen LogP contribution >= 0.6 is 0 Å². The molecule has 0 aliphatic carbocycles. The van der Waals surface area contributed by atoms with E-state index in [9.17, 15) is 4.39 Å². The monoisotopic (exact) mass is 351 g/mol. The van der Waals surface area contributed by atoms with Crippen molar-refractivity contribution in [1.29, 1.82) is 0 Å². The van der Waals surface area contributed by atoms with Crippen LogP contribution in [0.4, 0.5) is 15.9 Å². The normalized spacial score (nSPS) is 15.3. The minimum Gasteiger partial charge on any atom is -0.384 e. The summed E-state index contributed by atoms with van der Waals surface area (Å²) in [7, 11) is 0. The lowest BCUT2D eigenvalue weighted by atomic mass is 9.96. The number of pyridine rings is 1. The van der Waals surface area contributed by atoms with E-state index < -0.39 is 0 Å². The van der Waals surface area contributed by atoms with Gasteiger partial charge in [-0.1, -0.05) is 12.1 Å². The molecule has 0 atom stereocenters. The number of rotatable bonds is 3. The largest absolute Gasteiger partial charge is 0.384 e. The van der Waals surface area contributed by atoms with Gasteiger partial charge in [-0.05, 0) is 55.2 Å². The molecule has 2 aromatic carbocycles. The van der Waals surface area contributed by atoms with Crippen molar-refractivity contribution < 1.29 is 9.13 Å². The maximum atomic E-state index is 14.5. The highest BCUT2D eigenvalue weighted by atomic mass is 19.1. The van der Waals surface area contributed by atoms with Gasteiger partial charge in [0.05, 0.1) is 0 Å². The maximum Gasteiger partial charge on any atom is 0.131 e. The average molecular weight is 351 g/mol. The van der Waals surface area contributed by atoms with E-state index in [1.165, 1.54) is 6.07 Å². The van der Waals surface area contributed by atoms with Crippen LogP contribution in [0, 0.1) is 12.7 Å². The van der Waals surface area contributed by atoms with Gasteiger partial charge in [-0.25, -0.2) is 9.37 Å². The van der Waals surface area contributed by atoms with E-state index in [-0.39, 0.29) is 5.82 Å². The van der Waals surface area contributed by atoms with Crippen LogP contribution in [0.5, 0.6) is 0 Å². The first kappa shape index (κ1) is 16.8. The molecule has 0 bridgehead atoms. The molecule has 4 nitrogen and oxygen atoms in total. The van der Waals surface area contributed by atoms with E-state index in [4.69, 9.17) is 10.5 Å². The molecule has 4 rings (SSSR count). The van der Waals surface area contributed by atoms with E-state index in [1.807, 2.05) is 31.2 Å². The third-order valence-electron chi connectivity index (χ3n) is 4.95. The SMILES string of the molecule is Cc1cccc(F)c1-c1cc(NC2CCOCC2)c2cc(N)ncc2c1. The predicted molar refractivity (Wildman–Crippen MR) is 104 cm³/mol. The molecule has 1 aliphatic rings. The number of nitrogens with zero attached hydrogens (tertiary/aromatic N) is 1. The molecule has 26 heavy (non-hydrogen) atoms. The Morgan fingerprint density at radius 2 is 2.00 bits per heavy atom. The van der Waals surface area contributed by atoms with Crippen molar-refractivity contribution in [2.45, 2.75) is 25.8 Å². The quantitative estimate of drug-likeness (QED) is 0.728. The highest BCUT2D eigenvalue weighted by Gasteiger charge is 2.17. The number of nitrogen functional groups attached to an aromatic ring is 1. The highest BCUT2D eigenvalue weighted by molar-refractivity contribution is 5.98. The molecule has 3 aromatic rings. The fourth-order valence-electron chi connectivity index (χ4n) is 3.60. The van der Waals surface area contributed by atoms with E-state index >= 15 is 0 Å². The predicted octanol–water partition coefficient (Wildman–Crippen LogP) is 4.52. The Morgan fingerprint density at radius 3 is 2.77 bits per heavy atom. The number of benzene rings is 2. The number of anilines is 2. The third kappa shape index (κ3) is 3.22. The molecule has 1 saturated heterocycles.